The van der Waals surface area contributed by atoms with Gasteiger partial charge in [-0.3, -0.25) is 0 Å². The van der Waals surface area contributed by atoms with Gasteiger partial charge in [-0.2, -0.15) is 5.10 Å². The van der Waals surface area contributed by atoms with Gasteiger partial charge in [-0.05, 0) is 25.5 Å². The molecule has 0 aromatic heterocycles. The molecule has 2 heterocycles. The summed E-state index contributed by atoms with van der Waals surface area (Å²) in [4.78, 5) is 0. The Hall–Kier alpha value is -3.07. The van der Waals surface area contributed by atoms with Gasteiger partial charge in [0.2, 0.25) is 6.23 Å². The molecule has 0 saturated heterocycles. The van der Waals surface area contributed by atoms with Gasteiger partial charge in [-0.15, -0.1) is 0 Å². The third kappa shape index (κ3) is 2.80. The molecule has 27 heavy (non-hydrogen) atoms. The Kier molecular flexibility index (Phi) is 3.75. The first-order chi connectivity index (χ1) is 13.2. The highest BCUT2D eigenvalue weighted by atomic mass is 16.5. The monoisotopic (exact) mass is 354 g/mol. The number of benzene rings is 3. The average Bonchev–Trinajstić information content (AvgIpc) is 3.13. The Morgan fingerprint density at radius 3 is 2.52 bits per heavy atom. The molecular formula is C24H22N2O. The van der Waals surface area contributed by atoms with Crippen LogP contribution in [0, 0.1) is 13.8 Å². The van der Waals surface area contributed by atoms with Crippen molar-refractivity contribution in [1.29, 1.82) is 0 Å². The smallest absolute Gasteiger partial charge is 0.213 e. The number of hydrogen-bond donors (Lipinski definition) is 0. The van der Waals surface area contributed by atoms with Gasteiger partial charge in [-0.1, -0.05) is 77.9 Å². The van der Waals surface area contributed by atoms with Crippen LogP contribution in [-0.4, -0.2) is 10.7 Å². The first-order valence-corrected chi connectivity index (χ1v) is 9.44. The summed E-state index contributed by atoms with van der Waals surface area (Å²) in [5.41, 5.74) is 7.17. The van der Waals surface area contributed by atoms with Crippen molar-refractivity contribution in [1.82, 2.24) is 5.01 Å². The van der Waals surface area contributed by atoms with Crippen LogP contribution in [0.25, 0.3) is 0 Å². The zero-order valence-corrected chi connectivity index (χ0v) is 15.6. The number of rotatable bonds is 2. The van der Waals surface area contributed by atoms with Crippen LogP contribution in [0.15, 0.2) is 77.9 Å². The number of para-hydroxylation sites is 1. The third-order valence-electron chi connectivity index (χ3n) is 5.41. The molecule has 0 fully saturated rings. The van der Waals surface area contributed by atoms with Crippen molar-refractivity contribution >= 4 is 5.71 Å². The van der Waals surface area contributed by atoms with Gasteiger partial charge in [0.25, 0.3) is 0 Å². The maximum Gasteiger partial charge on any atom is 0.213 e. The molecule has 2 atom stereocenters. The van der Waals surface area contributed by atoms with Gasteiger partial charge < -0.3 is 4.74 Å². The van der Waals surface area contributed by atoms with E-state index in [1.165, 1.54) is 22.3 Å². The molecule has 3 nitrogen and oxygen atoms in total. The van der Waals surface area contributed by atoms with Gasteiger partial charge in [-0.25, -0.2) is 5.01 Å². The second-order valence-electron chi connectivity index (χ2n) is 7.43. The molecular weight excluding hydrogens is 332 g/mol. The van der Waals surface area contributed by atoms with Crippen molar-refractivity contribution in [2.45, 2.75) is 32.5 Å². The minimum absolute atomic E-state index is 0.201. The fourth-order valence-corrected chi connectivity index (χ4v) is 4.00. The van der Waals surface area contributed by atoms with Crippen molar-refractivity contribution in [2.75, 3.05) is 0 Å². The summed E-state index contributed by atoms with van der Waals surface area (Å²) in [6, 6.07) is 25.7. The van der Waals surface area contributed by atoms with Crippen LogP contribution in [0.4, 0.5) is 0 Å². The quantitative estimate of drug-likeness (QED) is 0.603. The van der Waals surface area contributed by atoms with Gasteiger partial charge in [0, 0.05) is 17.5 Å². The lowest BCUT2D eigenvalue weighted by molar-refractivity contribution is -0.0190. The predicted molar refractivity (Wildman–Crippen MR) is 108 cm³/mol. The first-order valence-electron chi connectivity index (χ1n) is 9.44. The summed E-state index contributed by atoms with van der Waals surface area (Å²) >= 11 is 0. The van der Waals surface area contributed by atoms with E-state index < -0.39 is 0 Å². The molecule has 0 radical (unpaired) electrons. The molecule has 2 aliphatic heterocycles. The average molecular weight is 354 g/mol. The topological polar surface area (TPSA) is 24.8 Å². The fraction of sp³-hybridized carbons (Fsp3) is 0.208. The highest BCUT2D eigenvalue weighted by Crippen LogP contribution is 2.47. The number of ether oxygens (including phenoxy) is 1. The van der Waals surface area contributed by atoms with E-state index in [1.807, 2.05) is 6.07 Å². The normalized spacial score (nSPS) is 20.5. The van der Waals surface area contributed by atoms with E-state index in [0.717, 1.165) is 23.4 Å². The Labute approximate surface area is 159 Å². The van der Waals surface area contributed by atoms with Crippen LogP contribution in [0.5, 0.6) is 5.75 Å². The predicted octanol–water partition coefficient (Wildman–Crippen LogP) is 5.55. The standard InChI is InChI=1S/C24H22N2O/c1-16-10-12-18(13-11-16)21-15-22-20-8-3-4-9-23(20)27-24(26(22)25-21)19-7-5-6-17(2)14-19/h3-14,22,24H,15H2,1-2H3/t22-,24+/m1/s1. The van der Waals surface area contributed by atoms with Crippen molar-refractivity contribution in [2.24, 2.45) is 5.10 Å². The van der Waals surface area contributed by atoms with Crippen LogP contribution in [0.2, 0.25) is 0 Å². The third-order valence-corrected chi connectivity index (χ3v) is 5.41. The summed E-state index contributed by atoms with van der Waals surface area (Å²) in [5.74, 6) is 0.964. The second kappa shape index (κ2) is 6.27. The Morgan fingerprint density at radius 1 is 0.889 bits per heavy atom. The first kappa shape index (κ1) is 16.1. The summed E-state index contributed by atoms with van der Waals surface area (Å²) < 4.78 is 6.41. The number of hydrogen-bond acceptors (Lipinski definition) is 3. The molecule has 3 heteroatoms. The molecule has 0 bridgehead atoms. The van der Waals surface area contributed by atoms with E-state index >= 15 is 0 Å². The highest BCUT2D eigenvalue weighted by Gasteiger charge is 2.40. The van der Waals surface area contributed by atoms with Gasteiger partial charge in [0.15, 0.2) is 0 Å². The van der Waals surface area contributed by atoms with Crippen LogP contribution >= 0.6 is 0 Å². The molecule has 0 N–H and O–H groups in total. The van der Waals surface area contributed by atoms with Crippen LogP contribution in [0.1, 0.15) is 46.5 Å². The van der Waals surface area contributed by atoms with Crippen molar-refractivity contribution in [3.05, 3.63) is 101 Å². The van der Waals surface area contributed by atoms with E-state index in [9.17, 15) is 0 Å². The van der Waals surface area contributed by atoms with Gasteiger partial charge >= 0.3 is 0 Å². The minimum atomic E-state index is -0.201. The maximum atomic E-state index is 6.41. The Balaban J connectivity index is 1.60. The molecule has 0 saturated carbocycles. The number of fused-ring (bicyclic) bond motifs is 3. The summed E-state index contributed by atoms with van der Waals surface area (Å²) in [6.07, 6.45) is 0.693. The maximum absolute atomic E-state index is 6.41. The van der Waals surface area contributed by atoms with Gasteiger partial charge in [0.05, 0.1) is 11.8 Å². The highest BCUT2D eigenvalue weighted by molar-refractivity contribution is 6.02. The SMILES string of the molecule is Cc1ccc(C2=NN3[C@H](C2)c2ccccc2O[C@H]3c2cccc(C)c2)cc1. The number of nitrogens with zero attached hydrogens (tertiary/aromatic N) is 2. The molecule has 0 spiro atoms. The zero-order chi connectivity index (χ0) is 18.4. The molecule has 3 aromatic rings. The summed E-state index contributed by atoms with van der Waals surface area (Å²) in [7, 11) is 0. The lowest BCUT2D eigenvalue weighted by Gasteiger charge is -2.38. The number of aryl methyl sites for hydroxylation is 2. The molecule has 5 rings (SSSR count). The molecule has 3 aromatic carbocycles. The van der Waals surface area contributed by atoms with E-state index in [2.05, 4.69) is 85.6 Å². The number of hydrazone groups is 1. The molecule has 2 aliphatic rings. The van der Waals surface area contributed by atoms with E-state index in [1.54, 1.807) is 0 Å². The Morgan fingerprint density at radius 2 is 1.70 bits per heavy atom. The largest absolute Gasteiger partial charge is 0.464 e. The summed E-state index contributed by atoms with van der Waals surface area (Å²) in [5, 5.41) is 7.17. The second-order valence-corrected chi connectivity index (χ2v) is 7.43. The minimum Gasteiger partial charge on any atom is -0.464 e. The summed E-state index contributed by atoms with van der Waals surface area (Å²) in [6.45, 7) is 4.23. The fourth-order valence-electron chi connectivity index (χ4n) is 4.00. The van der Waals surface area contributed by atoms with E-state index in [-0.39, 0.29) is 12.3 Å². The molecule has 134 valence electrons. The van der Waals surface area contributed by atoms with Crippen LogP contribution in [0.3, 0.4) is 0 Å². The zero-order valence-electron chi connectivity index (χ0n) is 15.6. The van der Waals surface area contributed by atoms with Crippen molar-refractivity contribution in [3.63, 3.8) is 0 Å². The van der Waals surface area contributed by atoms with Crippen LogP contribution < -0.4 is 4.74 Å². The van der Waals surface area contributed by atoms with Crippen molar-refractivity contribution < 1.29 is 4.74 Å². The molecule has 0 unspecified atom stereocenters. The van der Waals surface area contributed by atoms with Crippen LogP contribution in [-0.2, 0) is 0 Å². The van der Waals surface area contributed by atoms with E-state index in [4.69, 9.17) is 9.84 Å². The van der Waals surface area contributed by atoms with Gasteiger partial charge in [0.1, 0.15) is 5.75 Å². The lowest BCUT2D eigenvalue weighted by Crippen LogP contribution is -2.33. The van der Waals surface area contributed by atoms with E-state index in [0.29, 0.717) is 0 Å². The Bertz CT molecular complexity index is 1020. The lowest BCUT2D eigenvalue weighted by atomic mass is 9.95. The van der Waals surface area contributed by atoms with Crippen molar-refractivity contribution in [3.8, 4) is 5.75 Å². The molecule has 0 amide bonds. The molecule has 0 aliphatic carbocycles.